The molecule has 1 atom stereocenters. The first-order valence-electron chi connectivity index (χ1n) is 3.63. The third-order valence-electron chi connectivity index (χ3n) is 1.28. The smallest absolute Gasteiger partial charge is 0.0762 e. The summed E-state index contributed by atoms with van der Waals surface area (Å²) in [6, 6.07) is 0. The summed E-state index contributed by atoms with van der Waals surface area (Å²) in [5.74, 6) is 0. The summed E-state index contributed by atoms with van der Waals surface area (Å²) in [6.45, 7) is 4.26. The highest BCUT2D eigenvalue weighted by atomic mass is 16.7. The molecule has 0 amide bonds. The van der Waals surface area contributed by atoms with Gasteiger partial charge in [-0.3, -0.25) is 4.84 Å². The van der Waals surface area contributed by atoms with Crippen LogP contribution in [0.4, 0.5) is 0 Å². The van der Waals surface area contributed by atoms with Gasteiger partial charge in [0.1, 0.15) is 0 Å². The molecule has 56 valence electrons. The summed E-state index contributed by atoms with van der Waals surface area (Å²) >= 11 is 0. The van der Waals surface area contributed by atoms with Crippen molar-refractivity contribution >= 4 is 0 Å². The van der Waals surface area contributed by atoms with Crippen LogP contribution < -0.4 is 5.48 Å². The van der Waals surface area contributed by atoms with Crippen LogP contribution in [0.25, 0.3) is 0 Å². The molecule has 9 heavy (non-hydrogen) atoms. The quantitative estimate of drug-likeness (QED) is 0.573. The molecule has 0 saturated heterocycles. The molecule has 0 radical (unpaired) electrons. The van der Waals surface area contributed by atoms with E-state index in [1.54, 1.807) is 7.05 Å². The van der Waals surface area contributed by atoms with Crippen LogP contribution in [-0.2, 0) is 4.84 Å². The Morgan fingerprint density at radius 2 is 2.22 bits per heavy atom. The Balaban J connectivity index is 2.95. The number of rotatable bonds is 5. The number of hydrogen-bond donors (Lipinski definition) is 1. The monoisotopic (exact) mass is 131 g/mol. The van der Waals surface area contributed by atoms with Gasteiger partial charge < -0.3 is 0 Å². The third kappa shape index (κ3) is 5.80. The Bertz CT molecular complexity index is 56.9. The standard InChI is InChI=1S/C7H17NO/c1-4-5-6-7(2)9-8-3/h7-8H,4-6H2,1-3H3. The molecule has 2 heteroatoms. The van der Waals surface area contributed by atoms with E-state index in [2.05, 4.69) is 19.3 Å². The zero-order valence-electron chi connectivity index (χ0n) is 6.61. The van der Waals surface area contributed by atoms with Gasteiger partial charge in [-0.1, -0.05) is 19.8 Å². The normalized spacial score (nSPS) is 13.7. The minimum Gasteiger partial charge on any atom is -0.299 e. The van der Waals surface area contributed by atoms with Crippen molar-refractivity contribution in [2.45, 2.75) is 39.2 Å². The van der Waals surface area contributed by atoms with Crippen molar-refractivity contribution in [3.05, 3.63) is 0 Å². The highest BCUT2D eigenvalue weighted by Crippen LogP contribution is 2.01. The Kier molecular flexibility index (Phi) is 5.99. The second kappa shape index (κ2) is 6.05. The van der Waals surface area contributed by atoms with Crippen LogP contribution >= 0.6 is 0 Å². The van der Waals surface area contributed by atoms with Gasteiger partial charge in [-0.15, -0.1) is 0 Å². The molecule has 0 heterocycles. The molecule has 0 aliphatic heterocycles. The molecule has 0 spiro atoms. The fourth-order valence-electron chi connectivity index (χ4n) is 0.752. The lowest BCUT2D eigenvalue weighted by Crippen LogP contribution is -2.17. The number of unbranched alkanes of at least 4 members (excludes halogenated alkanes) is 1. The minimum absolute atomic E-state index is 0.356. The van der Waals surface area contributed by atoms with Gasteiger partial charge in [-0.05, 0) is 13.3 Å². The van der Waals surface area contributed by atoms with Crippen LogP contribution in [0.1, 0.15) is 33.1 Å². The first kappa shape index (κ1) is 8.92. The van der Waals surface area contributed by atoms with E-state index in [-0.39, 0.29) is 0 Å². The second-order valence-corrected chi connectivity index (χ2v) is 2.27. The van der Waals surface area contributed by atoms with E-state index in [4.69, 9.17) is 4.84 Å². The summed E-state index contributed by atoms with van der Waals surface area (Å²) < 4.78 is 0. The number of nitrogens with one attached hydrogen (secondary N) is 1. The molecular weight excluding hydrogens is 114 g/mol. The van der Waals surface area contributed by atoms with Gasteiger partial charge in [0.2, 0.25) is 0 Å². The summed E-state index contributed by atoms with van der Waals surface area (Å²) in [5, 5.41) is 0. The van der Waals surface area contributed by atoms with Crippen LogP contribution in [0.3, 0.4) is 0 Å². The highest BCUT2D eigenvalue weighted by molar-refractivity contribution is 4.46. The van der Waals surface area contributed by atoms with Crippen molar-refractivity contribution in [2.24, 2.45) is 0 Å². The Morgan fingerprint density at radius 3 is 2.67 bits per heavy atom. The Labute approximate surface area is 57.5 Å². The van der Waals surface area contributed by atoms with Crippen LogP contribution in [-0.4, -0.2) is 13.2 Å². The third-order valence-corrected chi connectivity index (χ3v) is 1.28. The molecule has 0 aromatic rings. The Morgan fingerprint density at radius 1 is 1.56 bits per heavy atom. The fourth-order valence-corrected chi connectivity index (χ4v) is 0.752. The molecule has 0 aromatic carbocycles. The van der Waals surface area contributed by atoms with E-state index < -0.39 is 0 Å². The lowest BCUT2D eigenvalue weighted by Gasteiger charge is -2.09. The van der Waals surface area contributed by atoms with Crippen molar-refractivity contribution in [3.63, 3.8) is 0 Å². The van der Waals surface area contributed by atoms with E-state index in [0.717, 1.165) is 6.42 Å². The first-order valence-corrected chi connectivity index (χ1v) is 3.63. The molecule has 2 nitrogen and oxygen atoms in total. The van der Waals surface area contributed by atoms with E-state index in [1.165, 1.54) is 12.8 Å². The Hall–Kier alpha value is -0.0800. The van der Waals surface area contributed by atoms with Gasteiger partial charge in [0.25, 0.3) is 0 Å². The van der Waals surface area contributed by atoms with Gasteiger partial charge in [0.15, 0.2) is 0 Å². The predicted molar refractivity (Wildman–Crippen MR) is 39.1 cm³/mol. The van der Waals surface area contributed by atoms with E-state index in [9.17, 15) is 0 Å². The zero-order valence-corrected chi connectivity index (χ0v) is 6.61. The molecule has 1 N–H and O–H groups in total. The van der Waals surface area contributed by atoms with Gasteiger partial charge >= 0.3 is 0 Å². The molecular formula is C7H17NO. The molecule has 0 bridgehead atoms. The lowest BCUT2D eigenvalue weighted by atomic mass is 10.2. The number of hydroxylamine groups is 1. The maximum Gasteiger partial charge on any atom is 0.0762 e. The fraction of sp³-hybridized carbons (Fsp3) is 1.00. The van der Waals surface area contributed by atoms with E-state index in [1.807, 2.05) is 0 Å². The molecule has 0 rings (SSSR count). The van der Waals surface area contributed by atoms with Crippen LogP contribution in [0.5, 0.6) is 0 Å². The average molecular weight is 131 g/mol. The predicted octanol–water partition coefficient (Wildman–Crippen LogP) is 1.72. The molecule has 0 aliphatic carbocycles. The van der Waals surface area contributed by atoms with Crippen LogP contribution in [0.15, 0.2) is 0 Å². The van der Waals surface area contributed by atoms with Crippen molar-refractivity contribution in [3.8, 4) is 0 Å². The summed E-state index contributed by atoms with van der Waals surface area (Å²) in [4.78, 5) is 5.09. The molecule has 1 unspecified atom stereocenters. The van der Waals surface area contributed by atoms with E-state index in [0.29, 0.717) is 6.10 Å². The summed E-state index contributed by atoms with van der Waals surface area (Å²) in [6.07, 6.45) is 4.01. The van der Waals surface area contributed by atoms with Gasteiger partial charge in [-0.25, -0.2) is 5.48 Å². The van der Waals surface area contributed by atoms with Gasteiger partial charge in [0, 0.05) is 7.05 Å². The van der Waals surface area contributed by atoms with Crippen molar-refractivity contribution in [1.82, 2.24) is 5.48 Å². The highest BCUT2D eigenvalue weighted by Gasteiger charge is 1.97. The molecule has 0 fully saturated rings. The van der Waals surface area contributed by atoms with Crippen molar-refractivity contribution in [2.75, 3.05) is 7.05 Å². The second-order valence-electron chi connectivity index (χ2n) is 2.27. The summed E-state index contributed by atoms with van der Waals surface area (Å²) in [7, 11) is 1.79. The maximum absolute atomic E-state index is 5.09. The number of hydrogen-bond acceptors (Lipinski definition) is 2. The molecule has 0 aromatic heterocycles. The van der Waals surface area contributed by atoms with Crippen molar-refractivity contribution < 1.29 is 4.84 Å². The van der Waals surface area contributed by atoms with E-state index >= 15 is 0 Å². The van der Waals surface area contributed by atoms with Gasteiger partial charge in [0.05, 0.1) is 6.10 Å². The van der Waals surface area contributed by atoms with Crippen LogP contribution in [0.2, 0.25) is 0 Å². The summed E-state index contributed by atoms with van der Waals surface area (Å²) in [5.41, 5.74) is 2.68. The topological polar surface area (TPSA) is 21.3 Å². The molecule has 0 aliphatic rings. The maximum atomic E-state index is 5.09. The first-order chi connectivity index (χ1) is 4.31. The lowest BCUT2D eigenvalue weighted by molar-refractivity contribution is -0.00637. The zero-order chi connectivity index (χ0) is 7.11. The molecule has 0 saturated carbocycles. The van der Waals surface area contributed by atoms with Gasteiger partial charge in [-0.2, -0.15) is 0 Å². The van der Waals surface area contributed by atoms with Crippen LogP contribution in [0, 0.1) is 0 Å². The SMILES string of the molecule is CCCCC(C)ONC. The minimum atomic E-state index is 0.356. The van der Waals surface area contributed by atoms with Crippen molar-refractivity contribution in [1.29, 1.82) is 0 Å². The largest absolute Gasteiger partial charge is 0.299 e. The average Bonchev–Trinajstić information content (AvgIpc) is 1.85.